The Labute approximate surface area is 176 Å². The smallest absolute Gasteiger partial charge is 0.404 e. The summed E-state index contributed by atoms with van der Waals surface area (Å²) in [6.07, 6.45) is -1.10. The van der Waals surface area contributed by atoms with Gasteiger partial charge in [-0.3, -0.25) is 0 Å². The lowest BCUT2D eigenvalue weighted by Crippen LogP contribution is -2.28. The molecule has 0 aromatic heterocycles. The van der Waals surface area contributed by atoms with E-state index in [0.29, 0.717) is 19.0 Å². The lowest BCUT2D eigenvalue weighted by atomic mass is 10.2. The summed E-state index contributed by atoms with van der Waals surface area (Å²) in [6, 6.07) is 15.9. The fraction of sp³-hybridized carbons (Fsp3) is 0.350. The molecule has 0 radical (unpaired) electrons. The molecular weight excluding hydrogens is 412 g/mol. The minimum absolute atomic E-state index is 0.120. The van der Waals surface area contributed by atoms with Crippen molar-refractivity contribution in [3.8, 4) is 5.75 Å². The molecule has 9 nitrogen and oxygen atoms in total. The van der Waals surface area contributed by atoms with E-state index in [4.69, 9.17) is 19.3 Å². The minimum atomic E-state index is -3.64. The molecule has 0 fully saturated rings. The fourth-order valence-corrected chi connectivity index (χ4v) is 3.35. The van der Waals surface area contributed by atoms with Crippen molar-refractivity contribution < 1.29 is 32.5 Å². The maximum atomic E-state index is 12.3. The van der Waals surface area contributed by atoms with E-state index in [1.54, 1.807) is 12.1 Å². The third kappa shape index (κ3) is 9.23. The Kier molecular flexibility index (Phi) is 10.1. The molecule has 0 spiro atoms. The van der Waals surface area contributed by atoms with Gasteiger partial charge < -0.3 is 24.6 Å². The van der Waals surface area contributed by atoms with Crippen molar-refractivity contribution >= 4 is 16.1 Å². The number of carbonyl (C=O) groups is 1. The van der Waals surface area contributed by atoms with Crippen LogP contribution in [0, 0.1) is 0 Å². The van der Waals surface area contributed by atoms with E-state index in [1.807, 2.05) is 30.3 Å². The van der Waals surface area contributed by atoms with Crippen molar-refractivity contribution in [1.29, 1.82) is 0 Å². The van der Waals surface area contributed by atoms with E-state index in [2.05, 4.69) is 10.0 Å². The Bertz CT molecular complexity index is 858. The van der Waals surface area contributed by atoms with E-state index in [1.165, 1.54) is 12.1 Å². The van der Waals surface area contributed by atoms with Crippen molar-refractivity contribution in [2.24, 2.45) is 0 Å². The van der Waals surface area contributed by atoms with Crippen LogP contribution in [0.4, 0.5) is 4.79 Å². The summed E-state index contributed by atoms with van der Waals surface area (Å²) in [7, 11) is -3.64. The second-order valence-electron chi connectivity index (χ2n) is 6.10. The molecule has 2 aromatic rings. The first-order valence-corrected chi connectivity index (χ1v) is 10.8. The number of ether oxygens (including phenoxy) is 3. The number of hydrogen-bond acceptors (Lipinski definition) is 6. The average Bonchev–Trinajstić information content (AvgIpc) is 2.74. The number of amides is 1. The number of nitrogens with one attached hydrogen (secondary N) is 2. The van der Waals surface area contributed by atoms with E-state index in [9.17, 15) is 13.2 Å². The molecule has 10 heteroatoms. The van der Waals surface area contributed by atoms with E-state index < -0.39 is 16.1 Å². The maximum absolute atomic E-state index is 12.3. The van der Waals surface area contributed by atoms with Crippen molar-refractivity contribution in [1.82, 2.24) is 10.0 Å². The molecule has 1 amide bonds. The summed E-state index contributed by atoms with van der Waals surface area (Å²) < 4.78 is 43.1. The Morgan fingerprint density at radius 2 is 1.50 bits per heavy atom. The van der Waals surface area contributed by atoms with Gasteiger partial charge in [0.1, 0.15) is 12.4 Å². The molecule has 2 aromatic carbocycles. The number of rotatable bonds is 14. The number of sulfonamides is 1. The van der Waals surface area contributed by atoms with Gasteiger partial charge in [0.05, 0.1) is 31.3 Å². The maximum Gasteiger partial charge on any atom is 0.404 e. The number of benzene rings is 2. The van der Waals surface area contributed by atoms with Gasteiger partial charge in [-0.15, -0.1) is 0 Å². The van der Waals surface area contributed by atoms with Gasteiger partial charge in [-0.05, 0) is 29.8 Å². The second-order valence-corrected chi connectivity index (χ2v) is 7.87. The van der Waals surface area contributed by atoms with Crippen LogP contribution in [0.5, 0.6) is 5.75 Å². The quantitative estimate of drug-likeness (QED) is 0.385. The normalized spacial score (nSPS) is 11.2. The van der Waals surface area contributed by atoms with Crippen LogP contribution >= 0.6 is 0 Å². The summed E-state index contributed by atoms with van der Waals surface area (Å²) in [5.74, 6) is 0.583. The van der Waals surface area contributed by atoms with Crippen LogP contribution < -0.4 is 14.8 Å². The first kappa shape index (κ1) is 23.6. The Morgan fingerprint density at radius 1 is 0.867 bits per heavy atom. The third-order valence-electron chi connectivity index (χ3n) is 3.82. The molecule has 0 aliphatic carbocycles. The van der Waals surface area contributed by atoms with Crippen LogP contribution in [-0.4, -0.2) is 59.1 Å². The van der Waals surface area contributed by atoms with Gasteiger partial charge in [-0.2, -0.15) is 0 Å². The summed E-state index contributed by atoms with van der Waals surface area (Å²) >= 11 is 0. The summed E-state index contributed by atoms with van der Waals surface area (Å²) in [5.41, 5.74) is 1.03. The Morgan fingerprint density at radius 3 is 2.13 bits per heavy atom. The van der Waals surface area contributed by atoms with Gasteiger partial charge in [-0.25, -0.2) is 17.9 Å². The van der Waals surface area contributed by atoms with Crippen molar-refractivity contribution in [3.05, 3.63) is 60.2 Å². The SMILES string of the molecule is O=C(O)NCCOCCOCCNS(=O)(=O)c1ccc(OCc2ccccc2)cc1. The molecule has 0 saturated carbocycles. The van der Waals surface area contributed by atoms with E-state index >= 15 is 0 Å². The van der Waals surface area contributed by atoms with Crippen molar-refractivity contribution in [3.63, 3.8) is 0 Å². The van der Waals surface area contributed by atoms with Crippen LogP contribution in [0.25, 0.3) is 0 Å². The standard InChI is InChI=1S/C20H26N2O7S/c23-20(24)21-10-12-27-14-15-28-13-11-22-30(25,26)19-8-6-18(7-9-19)29-16-17-4-2-1-3-5-17/h1-9,21-22H,10-16H2,(H,23,24). The molecule has 0 heterocycles. The van der Waals surface area contributed by atoms with Crippen LogP contribution in [0.1, 0.15) is 5.56 Å². The molecule has 0 bridgehead atoms. The van der Waals surface area contributed by atoms with Gasteiger partial charge in [-0.1, -0.05) is 30.3 Å². The molecule has 3 N–H and O–H groups in total. The highest BCUT2D eigenvalue weighted by atomic mass is 32.2. The number of hydrogen-bond donors (Lipinski definition) is 3. The van der Waals surface area contributed by atoms with Gasteiger partial charge in [0, 0.05) is 13.1 Å². The van der Waals surface area contributed by atoms with Gasteiger partial charge >= 0.3 is 6.09 Å². The molecule has 164 valence electrons. The molecule has 2 rings (SSSR count). The zero-order valence-electron chi connectivity index (χ0n) is 16.5. The minimum Gasteiger partial charge on any atom is -0.489 e. The predicted molar refractivity (Wildman–Crippen MR) is 110 cm³/mol. The summed E-state index contributed by atoms with van der Waals surface area (Å²) in [5, 5.41) is 10.6. The van der Waals surface area contributed by atoms with Crippen LogP contribution in [0.2, 0.25) is 0 Å². The van der Waals surface area contributed by atoms with Crippen molar-refractivity contribution in [2.45, 2.75) is 11.5 Å². The monoisotopic (exact) mass is 438 g/mol. The topological polar surface area (TPSA) is 123 Å². The van der Waals surface area contributed by atoms with Crippen LogP contribution in [0.15, 0.2) is 59.5 Å². The zero-order valence-corrected chi connectivity index (χ0v) is 17.3. The van der Waals surface area contributed by atoms with Gasteiger partial charge in [0.25, 0.3) is 0 Å². The molecule has 0 saturated heterocycles. The van der Waals surface area contributed by atoms with Gasteiger partial charge in [0.15, 0.2) is 0 Å². The highest BCUT2D eigenvalue weighted by molar-refractivity contribution is 7.89. The molecule has 0 aliphatic rings. The first-order valence-electron chi connectivity index (χ1n) is 9.36. The second kappa shape index (κ2) is 12.8. The summed E-state index contributed by atoms with van der Waals surface area (Å²) in [4.78, 5) is 10.4. The lowest BCUT2D eigenvalue weighted by Gasteiger charge is -2.10. The summed E-state index contributed by atoms with van der Waals surface area (Å²) in [6.45, 7) is 1.73. The molecule has 0 aliphatic heterocycles. The Balaban J connectivity index is 1.62. The number of carboxylic acid groups (broad SMARTS) is 1. The fourth-order valence-electron chi connectivity index (χ4n) is 2.34. The highest BCUT2D eigenvalue weighted by Crippen LogP contribution is 2.17. The van der Waals surface area contributed by atoms with Crippen molar-refractivity contribution in [2.75, 3.05) is 39.5 Å². The first-order chi connectivity index (χ1) is 14.5. The predicted octanol–water partition coefficient (Wildman–Crippen LogP) is 1.84. The zero-order chi connectivity index (χ0) is 21.7. The molecule has 0 unspecified atom stereocenters. The van der Waals surface area contributed by atoms with Gasteiger partial charge in [0.2, 0.25) is 10.0 Å². The Hall–Kier alpha value is -2.66. The van der Waals surface area contributed by atoms with E-state index in [-0.39, 0.29) is 37.8 Å². The lowest BCUT2D eigenvalue weighted by molar-refractivity contribution is 0.0511. The third-order valence-corrected chi connectivity index (χ3v) is 5.29. The average molecular weight is 439 g/mol. The van der Waals surface area contributed by atoms with Crippen LogP contribution in [-0.2, 0) is 26.1 Å². The largest absolute Gasteiger partial charge is 0.489 e. The highest BCUT2D eigenvalue weighted by Gasteiger charge is 2.13. The molecule has 30 heavy (non-hydrogen) atoms. The molecular formula is C20H26N2O7S. The van der Waals surface area contributed by atoms with Crippen LogP contribution in [0.3, 0.4) is 0 Å². The van der Waals surface area contributed by atoms with E-state index in [0.717, 1.165) is 5.56 Å². The molecule has 0 atom stereocenters.